The van der Waals surface area contributed by atoms with E-state index in [0.29, 0.717) is 6.54 Å². The summed E-state index contributed by atoms with van der Waals surface area (Å²) in [5.74, 6) is -0.358. The highest BCUT2D eigenvalue weighted by Gasteiger charge is 2.56. The Balaban J connectivity index is 1.48. The van der Waals surface area contributed by atoms with Gasteiger partial charge in [-0.2, -0.15) is 10.1 Å². The second-order valence-electron chi connectivity index (χ2n) is 7.62. The molecule has 3 aliphatic carbocycles. The van der Waals surface area contributed by atoms with E-state index in [-0.39, 0.29) is 35.5 Å². The second-order valence-corrected chi connectivity index (χ2v) is 7.62. The first-order valence-electron chi connectivity index (χ1n) is 9.48. The van der Waals surface area contributed by atoms with Crippen molar-refractivity contribution in [2.75, 3.05) is 0 Å². The van der Waals surface area contributed by atoms with E-state index >= 15 is 0 Å². The molecule has 1 aromatic carbocycles. The lowest BCUT2D eigenvalue weighted by Gasteiger charge is -2.37. The van der Waals surface area contributed by atoms with Crippen molar-refractivity contribution in [2.45, 2.75) is 19.4 Å². The molecule has 5 heteroatoms. The van der Waals surface area contributed by atoms with E-state index in [4.69, 9.17) is 0 Å². The molecule has 136 valence electrons. The first-order valence-corrected chi connectivity index (χ1v) is 9.48. The molecule has 1 saturated carbocycles. The average molecular weight is 359 g/mol. The van der Waals surface area contributed by atoms with Crippen LogP contribution < -0.4 is 0 Å². The molecule has 1 saturated heterocycles. The van der Waals surface area contributed by atoms with Gasteiger partial charge in [0.2, 0.25) is 0 Å². The standard InChI is InChI=1S/C22H21N3O2/c1-2-11-24-13-16(17-5-3-4-6-18(17)24)12-23-25-21(26)19-14-7-8-15(10-9-14)20(19)22(25)27/h2-8,12-15,19-20H,1,9-11H2/b23-12-/t14-,15-,19-,20+/m0/s1. The van der Waals surface area contributed by atoms with Crippen molar-refractivity contribution in [1.82, 2.24) is 9.58 Å². The number of nitrogens with zero attached hydrogens (tertiary/aromatic N) is 3. The zero-order valence-electron chi connectivity index (χ0n) is 15.0. The van der Waals surface area contributed by atoms with Crippen molar-refractivity contribution in [3.05, 3.63) is 60.8 Å². The Kier molecular flexibility index (Phi) is 3.64. The van der Waals surface area contributed by atoms with E-state index < -0.39 is 0 Å². The molecule has 2 bridgehead atoms. The fourth-order valence-corrected chi connectivity index (χ4v) is 4.96. The molecule has 0 unspecified atom stereocenters. The maximum Gasteiger partial charge on any atom is 0.254 e. The van der Waals surface area contributed by atoms with Crippen LogP contribution in [-0.4, -0.2) is 27.6 Å². The summed E-state index contributed by atoms with van der Waals surface area (Å²) in [7, 11) is 0. The molecule has 2 heterocycles. The predicted octanol–water partition coefficient (Wildman–Crippen LogP) is 3.36. The Morgan fingerprint density at radius 3 is 2.37 bits per heavy atom. The van der Waals surface area contributed by atoms with Crippen molar-refractivity contribution in [3.8, 4) is 0 Å². The summed E-state index contributed by atoms with van der Waals surface area (Å²) in [6, 6.07) is 8.03. The maximum atomic E-state index is 12.9. The molecule has 4 atom stereocenters. The molecule has 0 N–H and O–H groups in total. The number of carbonyl (C=O) groups is 2. The highest BCUT2D eigenvalue weighted by atomic mass is 16.2. The molecule has 2 amide bonds. The monoisotopic (exact) mass is 359 g/mol. The van der Waals surface area contributed by atoms with E-state index in [0.717, 1.165) is 34.3 Å². The van der Waals surface area contributed by atoms with Gasteiger partial charge in [0.1, 0.15) is 0 Å². The molecule has 1 aliphatic heterocycles. The van der Waals surface area contributed by atoms with E-state index in [1.54, 1.807) is 6.21 Å². The van der Waals surface area contributed by atoms with Gasteiger partial charge in [0, 0.05) is 29.2 Å². The molecule has 6 rings (SSSR count). The van der Waals surface area contributed by atoms with E-state index in [1.807, 2.05) is 36.5 Å². The highest BCUT2D eigenvalue weighted by Crippen LogP contribution is 2.49. The van der Waals surface area contributed by atoms with Crippen LogP contribution in [0.15, 0.2) is 60.4 Å². The first kappa shape index (κ1) is 16.2. The lowest BCUT2D eigenvalue weighted by atomic mass is 9.63. The number of hydrogen-bond acceptors (Lipinski definition) is 3. The minimum atomic E-state index is -0.222. The minimum Gasteiger partial charge on any atom is -0.343 e. The first-order chi connectivity index (χ1) is 13.2. The van der Waals surface area contributed by atoms with Gasteiger partial charge in [-0.05, 0) is 30.7 Å². The average Bonchev–Trinajstić information content (AvgIpc) is 3.19. The van der Waals surface area contributed by atoms with Gasteiger partial charge in [-0.15, -0.1) is 6.58 Å². The third kappa shape index (κ3) is 2.34. The molecule has 2 aromatic rings. The molecular weight excluding hydrogens is 338 g/mol. The number of hydrogen-bond donors (Lipinski definition) is 0. The lowest BCUT2D eigenvalue weighted by Crippen LogP contribution is -2.38. The lowest BCUT2D eigenvalue weighted by molar-refractivity contribution is -0.140. The molecule has 1 aromatic heterocycles. The van der Waals surface area contributed by atoms with Crippen LogP contribution in [0.2, 0.25) is 0 Å². The topological polar surface area (TPSA) is 54.7 Å². The van der Waals surface area contributed by atoms with Gasteiger partial charge in [-0.1, -0.05) is 36.4 Å². The number of carbonyl (C=O) groups excluding carboxylic acids is 2. The van der Waals surface area contributed by atoms with Gasteiger partial charge < -0.3 is 4.57 Å². The summed E-state index contributed by atoms with van der Waals surface area (Å²) >= 11 is 0. The second kappa shape index (κ2) is 6.05. The number of benzene rings is 1. The fraction of sp³-hybridized carbons (Fsp3) is 0.318. The van der Waals surface area contributed by atoms with E-state index in [2.05, 4.69) is 28.4 Å². The van der Waals surface area contributed by atoms with Crippen molar-refractivity contribution in [2.24, 2.45) is 28.8 Å². The van der Waals surface area contributed by atoms with Crippen LogP contribution in [0, 0.1) is 23.7 Å². The van der Waals surface area contributed by atoms with Crippen molar-refractivity contribution >= 4 is 28.9 Å². The van der Waals surface area contributed by atoms with Gasteiger partial charge in [0.25, 0.3) is 11.8 Å². The van der Waals surface area contributed by atoms with Crippen LogP contribution >= 0.6 is 0 Å². The number of imide groups is 1. The fourth-order valence-electron chi connectivity index (χ4n) is 4.96. The Bertz CT molecular complexity index is 984. The Morgan fingerprint density at radius 1 is 1.07 bits per heavy atom. The summed E-state index contributed by atoms with van der Waals surface area (Å²) in [5, 5.41) is 6.50. The van der Waals surface area contributed by atoms with Gasteiger partial charge in [0.05, 0.1) is 18.1 Å². The van der Waals surface area contributed by atoms with Crippen LogP contribution in [0.1, 0.15) is 18.4 Å². The molecule has 27 heavy (non-hydrogen) atoms. The Morgan fingerprint density at radius 2 is 1.74 bits per heavy atom. The van der Waals surface area contributed by atoms with Crippen molar-refractivity contribution in [1.29, 1.82) is 0 Å². The molecular formula is C22H21N3O2. The van der Waals surface area contributed by atoms with E-state index in [9.17, 15) is 9.59 Å². The van der Waals surface area contributed by atoms with E-state index in [1.165, 1.54) is 0 Å². The number of hydrazone groups is 1. The number of aromatic nitrogens is 1. The van der Waals surface area contributed by atoms with Crippen LogP contribution in [-0.2, 0) is 16.1 Å². The van der Waals surface area contributed by atoms with Gasteiger partial charge in [-0.25, -0.2) is 0 Å². The number of allylic oxidation sites excluding steroid dienone is 3. The number of rotatable bonds is 4. The number of fused-ring (bicyclic) bond motifs is 2. The summed E-state index contributed by atoms with van der Waals surface area (Å²) < 4.78 is 2.08. The number of para-hydroxylation sites is 1. The van der Waals surface area contributed by atoms with Crippen LogP contribution in [0.4, 0.5) is 0 Å². The molecule has 4 aliphatic rings. The van der Waals surface area contributed by atoms with Crippen molar-refractivity contribution in [3.63, 3.8) is 0 Å². The normalized spacial score (nSPS) is 29.3. The molecule has 0 radical (unpaired) electrons. The van der Waals surface area contributed by atoms with Crippen LogP contribution in [0.3, 0.4) is 0 Å². The Labute approximate surface area is 157 Å². The highest BCUT2D eigenvalue weighted by molar-refractivity contribution is 6.07. The largest absolute Gasteiger partial charge is 0.343 e. The molecule has 0 spiro atoms. The minimum absolute atomic E-state index is 0.143. The van der Waals surface area contributed by atoms with Gasteiger partial charge in [0.15, 0.2) is 0 Å². The van der Waals surface area contributed by atoms with Crippen molar-refractivity contribution < 1.29 is 9.59 Å². The van der Waals surface area contributed by atoms with Gasteiger partial charge in [-0.3, -0.25) is 9.59 Å². The summed E-state index contributed by atoms with van der Waals surface area (Å²) in [4.78, 5) is 25.7. The number of amides is 2. The smallest absolute Gasteiger partial charge is 0.254 e. The SMILES string of the molecule is C=CCn1cc(/C=N\N2C(=O)[C@@H]3[C@H](C2=O)[C@H]2C=C[C@H]3CC2)c2ccccc21. The summed E-state index contributed by atoms with van der Waals surface area (Å²) in [6.07, 6.45) is 11.7. The predicted molar refractivity (Wildman–Crippen MR) is 104 cm³/mol. The maximum absolute atomic E-state index is 12.9. The molecule has 5 nitrogen and oxygen atoms in total. The summed E-state index contributed by atoms with van der Waals surface area (Å²) in [6.45, 7) is 4.49. The third-order valence-electron chi connectivity index (χ3n) is 6.19. The quantitative estimate of drug-likeness (QED) is 0.477. The van der Waals surface area contributed by atoms with Crippen LogP contribution in [0.25, 0.3) is 10.9 Å². The van der Waals surface area contributed by atoms with Gasteiger partial charge >= 0.3 is 0 Å². The third-order valence-corrected chi connectivity index (χ3v) is 6.19. The van der Waals surface area contributed by atoms with Crippen LogP contribution in [0.5, 0.6) is 0 Å². The molecule has 2 fully saturated rings. The zero-order valence-corrected chi connectivity index (χ0v) is 15.0. The zero-order chi connectivity index (χ0) is 18.5. The summed E-state index contributed by atoms with van der Waals surface area (Å²) in [5.41, 5.74) is 1.97. The Hall–Kier alpha value is -2.95.